The van der Waals surface area contributed by atoms with Gasteiger partial charge in [-0.25, -0.2) is 0 Å². The molecule has 0 aliphatic heterocycles. The average Bonchev–Trinajstić information content (AvgIpc) is 2.14. The van der Waals surface area contributed by atoms with Crippen LogP contribution in [0.2, 0.25) is 0 Å². The van der Waals surface area contributed by atoms with Crippen molar-refractivity contribution >= 4 is 5.91 Å². The topological polar surface area (TPSA) is 29.1 Å². The van der Waals surface area contributed by atoms with Crippen molar-refractivity contribution in [3.05, 3.63) is 0 Å². The number of rotatable bonds is 7. The van der Waals surface area contributed by atoms with Gasteiger partial charge in [0, 0.05) is 12.5 Å². The monoisotopic (exact) mass is 185 g/mol. The second kappa shape index (κ2) is 8.09. The Morgan fingerprint density at radius 3 is 2.00 bits per heavy atom. The van der Waals surface area contributed by atoms with Gasteiger partial charge in [-0.05, 0) is 19.3 Å². The van der Waals surface area contributed by atoms with Crippen LogP contribution < -0.4 is 5.32 Å². The van der Waals surface area contributed by atoms with Gasteiger partial charge >= 0.3 is 0 Å². The van der Waals surface area contributed by atoms with E-state index in [-0.39, 0.29) is 11.8 Å². The van der Waals surface area contributed by atoms with Crippen LogP contribution in [0.4, 0.5) is 0 Å². The van der Waals surface area contributed by atoms with Gasteiger partial charge in [0.1, 0.15) is 0 Å². The number of hydrogen-bond acceptors (Lipinski definition) is 1. The summed E-state index contributed by atoms with van der Waals surface area (Å²) >= 11 is 0. The van der Waals surface area contributed by atoms with Crippen molar-refractivity contribution in [3.8, 4) is 0 Å². The maximum Gasteiger partial charge on any atom is 0.223 e. The van der Waals surface area contributed by atoms with Crippen molar-refractivity contribution in [2.24, 2.45) is 5.92 Å². The lowest BCUT2D eigenvalue weighted by Crippen LogP contribution is -2.31. The second-order valence-electron chi connectivity index (χ2n) is 3.57. The van der Waals surface area contributed by atoms with E-state index >= 15 is 0 Å². The lowest BCUT2D eigenvalue weighted by molar-refractivity contribution is -0.125. The van der Waals surface area contributed by atoms with Crippen LogP contribution in [-0.2, 0) is 4.79 Å². The molecule has 0 unspecified atom stereocenters. The normalized spacial score (nSPS) is 10.5. The highest BCUT2D eigenvalue weighted by molar-refractivity contribution is 5.78. The van der Waals surface area contributed by atoms with Crippen LogP contribution in [0.5, 0.6) is 0 Å². The van der Waals surface area contributed by atoms with Crippen LogP contribution in [0.15, 0.2) is 0 Å². The largest absolute Gasteiger partial charge is 0.356 e. The first-order chi connectivity index (χ1) is 6.26. The number of amides is 1. The standard InChI is InChI=1S/C11H23NO/c1-4-7-10(8-5-2)11(13)12-9-6-3/h10H,4-9H2,1-3H3,(H,12,13). The number of nitrogens with one attached hydrogen (secondary N) is 1. The molecule has 0 aromatic carbocycles. The van der Waals surface area contributed by atoms with Gasteiger partial charge < -0.3 is 5.32 Å². The molecule has 0 spiro atoms. The van der Waals surface area contributed by atoms with Crippen molar-refractivity contribution in [1.82, 2.24) is 5.32 Å². The van der Waals surface area contributed by atoms with Crippen LogP contribution in [0, 0.1) is 5.92 Å². The van der Waals surface area contributed by atoms with E-state index in [4.69, 9.17) is 0 Å². The van der Waals surface area contributed by atoms with Crippen LogP contribution in [0.25, 0.3) is 0 Å². The zero-order valence-electron chi connectivity index (χ0n) is 9.23. The molecule has 0 aliphatic carbocycles. The molecule has 0 aromatic heterocycles. The molecule has 0 saturated heterocycles. The van der Waals surface area contributed by atoms with Crippen LogP contribution >= 0.6 is 0 Å². The lowest BCUT2D eigenvalue weighted by Gasteiger charge is -2.14. The van der Waals surface area contributed by atoms with Gasteiger partial charge in [-0.2, -0.15) is 0 Å². The lowest BCUT2D eigenvalue weighted by atomic mass is 9.97. The van der Waals surface area contributed by atoms with Gasteiger partial charge in [0.2, 0.25) is 5.91 Å². The Hall–Kier alpha value is -0.530. The summed E-state index contributed by atoms with van der Waals surface area (Å²) in [5.74, 6) is 0.507. The number of carbonyl (C=O) groups is 1. The summed E-state index contributed by atoms with van der Waals surface area (Å²) in [5.41, 5.74) is 0. The third-order valence-electron chi connectivity index (χ3n) is 2.19. The molecule has 0 rings (SSSR count). The van der Waals surface area contributed by atoms with E-state index in [2.05, 4.69) is 26.1 Å². The van der Waals surface area contributed by atoms with Crippen molar-refractivity contribution in [1.29, 1.82) is 0 Å². The fourth-order valence-electron chi connectivity index (χ4n) is 1.50. The van der Waals surface area contributed by atoms with Gasteiger partial charge in [0.15, 0.2) is 0 Å². The first kappa shape index (κ1) is 12.5. The molecular formula is C11H23NO. The number of hydrogen-bond donors (Lipinski definition) is 1. The van der Waals surface area contributed by atoms with E-state index in [1.165, 1.54) is 0 Å². The summed E-state index contributed by atoms with van der Waals surface area (Å²) in [5, 5.41) is 2.96. The van der Waals surface area contributed by atoms with Crippen molar-refractivity contribution in [2.75, 3.05) is 6.54 Å². The quantitative estimate of drug-likeness (QED) is 0.649. The Labute approximate surface area is 82.1 Å². The Kier molecular flexibility index (Phi) is 7.76. The van der Waals surface area contributed by atoms with Gasteiger partial charge in [0.25, 0.3) is 0 Å². The van der Waals surface area contributed by atoms with E-state index < -0.39 is 0 Å². The third kappa shape index (κ3) is 5.67. The molecule has 1 N–H and O–H groups in total. The highest BCUT2D eigenvalue weighted by Gasteiger charge is 2.15. The molecule has 0 atom stereocenters. The molecule has 0 saturated carbocycles. The fourth-order valence-corrected chi connectivity index (χ4v) is 1.50. The summed E-state index contributed by atoms with van der Waals surface area (Å²) in [6.07, 6.45) is 5.29. The van der Waals surface area contributed by atoms with Crippen LogP contribution in [0.1, 0.15) is 52.9 Å². The zero-order valence-corrected chi connectivity index (χ0v) is 9.23. The summed E-state index contributed by atoms with van der Waals surface area (Å²) < 4.78 is 0. The molecule has 2 nitrogen and oxygen atoms in total. The summed E-state index contributed by atoms with van der Waals surface area (Å²) in [6.45, 7) is 7.17. The Bertz CT molecular complexity index is 128. The van der Waals surface area contributed by atoms with E-state index in [1.807, 2.05) is 0 Å². The smallest absolute Gasteiger partial charge is 0.223 e. The predicted octanol–water partition coefficient (Wildman–Crippen LogP) is 2.73. The van der Waals surface area contributed by atoms with Crippen LogP contribution in [0.3, 0.4) is 0 Å². The first-order valence-corrected chi connectivity index (χ1v) is 5.53. The summed E-state index contributed by atoms with van der Waals surface area (Å²) in [6, 6.07) is 0. The third-order valence-corrected chi connectivity index (χ3v) is 2.19. The van der Waals surface area contributed by atoms with Gasteiger partial charge in [-0.15, -0.1) is 0 Å². The Morgan fingerprint density at radius 2 is 1.62 bits per heavy atom. The molecule has 0 fully saturated rings. The number of carbonyl (C=O) groups excluding carboxylic acids is 1. The molecule has 13 heavy (non-hydrogen) atoms. The van der Waals surface area contributed by atoms with Gasteiger partial charge in [-0.1, -0.05) is 33.6 Å². The van der Waals surface area contributed by atoms with E-state index in [9.17, 15) is 4.79 Å². The van der Waals surface area contributed by atoms with Crippen molar-refractivity contribution in [2.45, 2.75) is 52.9 Å². The summed E-state index contributed by atoms with van der Waals surface area (Å²) in [4.78, 5) is 11.6. The molecular weight excluding hydrogens is 162 g/mol. The van der Waals surface area contributed by atoms with E-state index in [0.717, 1.165) is 38.6 Å². The highest BCUT2D eigenvalue weighted by atomic mass is 16.1. The predicted molar refractivity (Wildman–Crippen MR) is 56.6 cm³/mol. The minimum atomic E-state index is 0.251. The second-order valence-corrected chi connectivity index (χ2v) is 3.57. The Morgan fingerprint density at radius 1 is 1.08 bits per heavy atom. The van der Waals surface area contributed by atoms with Gasteiger partial charge in [-0.3, -0.25) is 4.79 Å². The molecule has 2 heteroatoms. The van der Waals surface area contributed by atoms with E-state index in [1.54, 1.807) is 0 Å². The molecule has 0 aromatic rings. The Balaban J connectivity index is 3.80. The molecule has 0 heterocycles. The zero-order chi connectivity index (χ0) is 10.1. The van der Waals surface area contributed by atoms with Crippen molar-refractivity contribution < 1.29 is 4.79 Å². The summed E-state index contributed by atoms with van der Waals surface area (Å²) in [7, 11) is 0. The maximum atomic E-state index is 11.6. The van der Waals surface area contributed by atoms with Crippen LogP contribution in [-0.4, -0.2) is 12.5 Å². The minimum absolute atomic E-state index is 0.251. The average molecular weight is 185 g/mol. The molecule has 78 valence electrons. The molecule has 0 bridgehead atoms. The first-order valence-electron chi connectivity index (χ1n) is 5.53. The maximum absolute atomic E-state index is 11.6. The highest BCUT2D eigenvalue weighted by Crippen LogP contribution is 2.13. The van der Waals surface area contributed by atoms with Crippen molar-refractivity contribution in [3.63, 3.8) is 0 Å². The van der Waals surface area contributed by atoms with Gasteiger partial charge in [0.05, 0.1) is 0 Å². The molecule has 0 aliphatic rings. The molecule has 1 amide bonds. The minimum Gasteiger partial charge on any atom is -0.356 e. The molecule has 0 radical (unpaired) electrons. The fraction of sp³-hybridized carbons (Fsp3) is 0.909. The SMILES string of the molecule is CCCNC(=O)C(CCC)CCC. The van der Waals surface area contributed by atoms with E-state index in [0.29, 0.717) is 0 Å².